The molecule has 0 bridgehead atoms. The molecule has 0 radical (unpaired) electrons. The lowest BCUT2D eigenvalue weighted by molar-refractivity contribution is -0.115. The van der Waals surface area contributed by atoms with Gasteiger partial charge in [0.2, 0.25) is 5.91 Å². The van der Waals surface area contributed by atoms with Crippen LogP contribution >= 0.6 is 0 Å². The fourth-order valence-electron chi connectivity index (χ4n) is 1.95. The number of rotatable bonds is 3. The van der Waals surface area contributed by atoms with Crippen molar-refractivity contribution in [3.8, 4) is 0 Å². The van der Waals surface area contributed by atoms with Crippen molar-refractivity contribution >= 4 is 17.3 Å². The van der Waals surface area contributed by atoms with Gasteiger partial charge in [0.1, 0.15) is 0 Å². The molecule has 17 heavy (non-hydrogen) atoms. The Kier molecular flexibility index (Phi) is 3.98. The van der Waals surface area contributed by atoms with Gasteiger partial charge in [0, 0.05) is 44.0 Å². The molecule has 1 amide bonds. The predicted molar refractivity (Wildman–Crippen MR) is 70.4 cm³/mol. The highest BCUT2D eigenvalue weighted by atomic mass is 16.1. The SMILES string of the molecule is CCC(=O)Nc1cccc(N2CCNCC2)c1. The van der Waals surface area contributed by atoms with E-state index >= 15 is 0 Å². The van der Waals surface area contributed by atoms with E-state index in [2.05, 4.69) is 21.6 Å². The maximum Gasteiger partial charge on any atom is 0.224 e. The average Bonchev–Trinajstić information content (AvgIpc) is 2.40. The van der Waals surface area contributed by atoms with Crippen molar-refractivity contribution < 1.29 is 4.79 Å². The zero-order chi connectivity index (χ0) is 12.1. The molecule has 4 nitrogen and oxygen atoms in total. The van der Waals surface area contributed by atoms with Crippen LogP contribution in [0.1, 0.15) is 13.3 Å². The van der Waals surface area contributed by atoms with Crippen LogP contribution in [0.2, 0.25) is 0 Å². The molecule has 0 atom stereocenters. The summed E-state index contributed by atoms with van der Waals surface area (Å²) in [6, 6.07) is 8.05. The molecule has 1 fully saturated rings. The number of benzene rings is 1. The smallest absolute Gasteiger partial charge is 0.224 e. The second-order valence-corrected chi connectivity index (χ2v) is 4.19. The third-order valence-corrected chi connectivity index (χ3v) is 2.93. The van der Waals surface area contributed by atoms with E-state index in [1.165, 1.54) is 5.69 Å². The molecular formula is C13H19N3O. The Morgan fingerprint density at radius 2 is 2.18 bits per heavy atom. The zero-order valence-corrected chi connectivity index (χ0v) is 10.2. The van der Waals surface area contributed by atoms with E-state index in [1.807, 2.05) is 25.1 Å². The third-order valence-electron chi connectivity index (χ3n) is 2.93. The van der Waals surface area contributed by atoms with Crippen LogP contribution in [0.3, 0.4) is 0 Å². The van der Waals surface area contributed by atoms with Gasteiger partial charge in [-0.15, -0.1) is 0 Å². The Hall–Kier alpha value is -1.55. The molecule has 0 aliphatic carbocycles. The van der Waals surface area contributed by atoms with Gasteiger partial charge in [-0.2, -0.15) is 0 Å². The molecule has 4 heteroatoms. The molecule has 0 unspecified atom stereocenters. The highest BCUT2D eigenvalue weighted by Crippen LogP contribution is 2.19. The summed E-state index contributed by atoms with van der Waals surface area (Å²) in [5.74, 6) is 0.0578. The van der Waals surface area contributed by atoms with Crippen molar-refractivity contribution in [2.45, 2.75) is 13.3 Å². The van der Waals surface area contributed by atoms with Crippen molar-refractivity contribution in [2.24, 2.45) is 0 Å². The molecule has 1 aromatic carbocycles. The number of hydrogen-bond acceptors (Lipinski definition) is 3. The molecule has 2 N–H and O–H groups in total. The summed E-state index contributed by atoms with van der Waals surface area (Å²) in [6.45, 7) is 5.93. The minimum absolute atomic E-state index is 0.0578. The molecule has 0 aromatic heterocycles. The van der Waals surface area contributed by atoms with E-state index in [9.17, 15) is 4.79 Å². The Labute approximate surface area is 102 Å². The second kappa shape index (κ2) is 5.68. The first-order valence-electron chi connectivity index (χ1n) is 6.15. The number of carbonyl (C=O) groups excluding carboxylic acids is 1. The van der Waals surface area contributed by atoms with Crippen LogP contribution in [0, 0.1) is 0 Å². The number of amides is 1. The van der Waals surface area contributed by atoms with Crippen LogP contribution in [0.5, 0.6) is 0 Å². The standard InChI is InChI=1S/C13H19N3O/c1-2-13(17)15-11-4-3-5-12(10-11)16-8-6-14-7-9-16/h3-5,10,14H,2,6-9H2,1H3,(H,15,17). The Morgan fingerprint density at radius 1 is 1.41 bits per heavy atom. The topological polar surface area (TPSA) is 44.4 Å². The molecule has 0 saturated carbocycles. The van der Waals surface area contributed by atoms with Crippen LogP contribution in [0.15, 0.2) is 24.3 Å². The second-order valence-electron chi connectivity index (χ2n) is 4.19. The summed E-state index contributed by atoms with van der Waals surface area (Å²) in [5.41, 5.74) is 2.06. The van der Waals surface area contributed by atoms with Gasteiger partial charge in [-0.1, -0.05) is 13.0 Å². The van der Waals surface area contributed by atoms with Gasteiger partial charge in [0.05, 0.1) is 0 Å². The monoisotopic (exact) mass is 233 g/mol. The lowest BCUT2D eigenvalue weighted by Crippen LogP contribution is -2.43. The van der Waals surface area contributed by atoms with E-state index in [4.69, 9.17) is 0 Å². The van der Waals surface area contributed by atoms with E-state index < -0.39 is 0 Å². The lowest BCUT2D eigenvalue weighted by atomic mass is 10.2. The molecule has 92 valence electrons. The Bertz CT molecular complexity index is 386. The molecule has 1 saturated heterocycles. The summed E-state index contributed by atoms with van der Waals surface area (Å²) in [5, 5.41) is 6.22. The number of nitrogens with one attached hydrogen (secondary N) is 2. The first-order valence-corrected chi connectivity index (χ1v) is 6.15. The minimum Gasteiger partial charge on any atom is -0.369 e. The molecule has 1 aromatic rings. The van der Waals surface area contributed by atoms with Gasteiger partial charge in [0.15, 0.2) is 0 Å². The number of hydrogen-bond donors (Lipinski definition) is 2. The van der Waals surface area contributed by atoms with Gasteiger partial charge in [-0.3, -0.25) is 4.79 Å². The highest BCUT2D eigenvalue weighted by Gasteiger charge is 2.10. The van der Waals surface area contributed by atoms with Gasteiger partial charge in [-0.05, 0) is 18.2 Å². The summed E-state index contributed by atoms with van der Waals surface area (Å²) >= 11 is 0. The van der Waals surface area contributed by atoms with Crippen molar-refractivity contribution in [1.82, 2.24) is 5.32 Å². The van der Waals surface area contributed by atoms with Crippen molar-refractivity contribution in [2.75, 3.05) is 36.4 Å². The summed E-state index contributed by atoms with van der Waals surface area (Å²) in [4.78, 5) is 13.7. The first kappa shape index (κ1) is 11.9. The average molecular weight is 233 g/mol. The molecule has 2 rings (SSSR count). The molecular weight excluding hydrogens is 214 g/mol. The van der Waals surface area contributed by atoms with Gasteiger partial charge in [-0.25, -0.2) is 0 Å². The van der Waals surface area contributed by atoms with Crippen LogP contribution in [0.4, 0.5) is 11.4 Å². The molecule has 1 aliphatic heterocycles. The van der Waals surface area contributed by atoms with E-state index in [-0.39, 0.29) is 5.91 Å². The van der Waals surface area contributed by atoms with E-state index in [1.54, 1.807) is 0 Å². The Morgan fingerprint density at radius 3 is 2.88 bits per heavy atom. The van der Waals surface area contributed by atoms with Crippen LogP contribution < -0.4 is 15.5 Å². The van der Waals surface area contributed by atoms with Crippen molar-refractivity contribution in [3.05, 3.63) is 24.3 Å². The van der Waals surface area contributed by atoms with Gasteiger partial charge in [0.25, 0.3) is 0 Å². The summed E-state index contributed by atoms with van der Waals surface area (Å²) in [6.07, 6.45) is 0.512. The van der Waals surface area contributed by atoms with Crippen LogP contribution in [0.25, 0.3) is 0 Å². The van der Waals surface area contributed by atoms with Gasteiger partial charge >= 0.3 is 0 Å². The predicted octanol–water partition coefficient (Wildman–Crippen LogP) is 1.44. The molecule has 1 aliphatic rings. The quantitative estimate of drug-likeness (QED) is 0.830. The number of nitrogens with zero attached hydrogens (tertiary/aromatic N) is 1. The maximum absolute atomic E-state index is 11.3. The van der Waals surface area contributed by atoms with E-state index in [0.717, 1.165) is 31.9 Å². The first-order chi connectivity index (χ1) is 8.29. The number of piperazine rings is 1. The zero-order valence-electron chi connectivity index (χ0n) is 10.2. The largest absolute Gasteiger partial charge is 0.369 e. The van der Waals surface area contributed by atoms with Crippen molar-refractivity contribution in [1.29, 1.82) is 0 Å². The highest BCUT2D eigenvalue weighted by molar-refractivity contribution is 5.91. The fraction of sp³-hybridized carbons (Fsp3) is 0.462. The number of anilines is 2. The van der Waals surface area contributed by atoms with E-state index in [0.29, 0.717) is 6.42 Å². The maximum atomic E-state index is 11.3. The molecule has 1 heterocycles. The fourth-order valence-corrected chi connectivity index (χ4v) is 1.95. The van der Waals surface area contributed by atoms with Crippen LogP contribution in [-0.2, 0) is 4.79 Å². The van der Waals surface area contributed by atoms with Crippen molar-refractivity contribution in [3.63, 3.8) is 0 Å². The lowest BCUT2D eigenvalue weighted by Gasteiger charge is -2.29. The third kappa shape index (κ3) is 3.20. The minimum atomic E-state index is 0.0578. The summed E-state index contributed by atoms with van der Waals surface area (Å²) in [7, 11) is 0. The normalized spacial score (nSPS) is 15.7. The summed E-state index contributed by atoms with van der Waals surface area (Å²) < 4.78 is 0. The number of carbonyl (C=O) groups is 1. The van der Waals surface area contributed by atoms with Crippen LogP contribution in [-0.4, -0.2) is 32.1 Å². The molecule has 0 spiro atoms. The van der Waals surface area contributed by atoms with Gasteiger partial charge < -0.3 is 15.5 Å². The Balaban J connectivity index is 2.07.